The molecule has 0 aliphatic rings. The molecule has 0 saturated carbocycles. The minimum Gasteiger partial charge on any atom is -0.508 e. The Hall–Kier alpha value is -1.07. The SMILES string of the molecule is CCOC(=O)[C@@H](N)c1ccc(O)cc1Br. The highest BCUT2D eigenvalue weighted by molar-refractivity contribution is 9.10. The number of halogens is 1. The van der Waals surface area contributed by atoms with Crippen LogP contribution in [0, 0.1) is 0 Å². The third kappa shape index (κ3) is 2.94. The van der Waals surface area contributed by atoms with E-state index < -0.39 is 12.0 Å². The number of carbonyl (C=O) groups excluding carboxylic acids is 1. The van der Waals surface area contributed by atoms with E-state index in [-0.39, 0.29) is 5.75 Å². The number of hydrogen-bond acceptors (Lipinski definition) is 4. The van der Waals surface area contributed by atoms with Crippen LogP contribution in [-0.2, 0) is 9.53 Å². The van der Waals surface area contributed by atoms with Crippen LogP contribution < -0.4 is 5.73 Å². The van der Waals surface area contributed by atoms with Gasteiger partial charge in [-0.05, 0) is 24.6 Å². The summed E-state index contributed by atoms with van der Waals surface area (Å²) < 4.78 is 5.38. The van der Waals surface area contributed by atoms with Crippen LogP contribution in [-0.4, -0.2) is 17.7 Å². The van der Waals surface area contributed by atoms with Crippen molar-refractivity contribution in [2.45, 2.75) is 13.0 Å². The molecule has 0 bridgehead atoms. The molecule has 1 rings (SSSR count). The van der Waals surface area contributed by atoms with E-state index in [1.54, 1.807) is 13.0 Å². The fourth-order valence-corrected chi connectivity index (χ4v) is 1.74. The smallest absolute Gasteiger partial charge is 0.327 e. The number of carbonyl (C=O) groups is 1. The summed E-state index contributed by atoms with van der Waals surface area (Å²) in [6.45, 7) is 2.01. The Bertz CT molecular complexity index is 368. The average molecular weight is 274 g/mol. The van der Waals surface area contributed by atoms with Gasteiger partial charge in [0, 0.05) is 4.47 Å². The molecule has 82 valence electrons. The maximum atomic E-state index is 11.4. The molecule has 3 N–H and O–H groups in total. The maximum Gasteiger partial charge on any atom is 0.327 e. The van der Waals surface area contributed by atoms with Crippen molar-refractivity contribution in [1.29, 1.82) is 0 Å². The quantitative estimate of drug-likeness (QED) is 0.823. The van der Waals surface area contributed by atoms with E-state index in [4.69, 9.17) is 10.5 Å². The van der Waals surface area contributed by atoms with Crippen LogP contribution in [0.1, 0.15) is 18.5 Å². The van der Waals surface area contributed by atoms with Gasteiger partial charge in [-0.25, -0.2) is 4.79 Å². The van der Waals surface area contributed by atoms with Gasteiger partial charge in [-0.15, -0.1) is 0 Å². The number of hydrogen-bond donors (Lipinski definition) is 2. The molecule has 4 nitrogen and oxygen atoms in total. The van der Waals surface area contributed by atoms with Gasteiger partial charge in [0.25, 0.3) is 0 Å². The molecule has 0 aliphatic heterocycles. The number of benzene rings is 1. The van der Waals surface area contributed by atoms with Crippen molar-refractivity contribution in [3.05, 3.63) is 28.2 Å². The second-order valence-electron chi connectivity index (χ2n) is 2.94. The number of rotatable bonds is 3. The molecule has 1 atom stereocenters. The summed E-state index contributed by atoms with van der Waals surface area (Å²) in [5, 5.41) is 9.17. The van der Waals surface area contributed by atoms with E-state index in [9.17, 15) is 9.90 Å². The topological polar surface area (TPSA) is 72.5 Å². The van der Waals surface area contributed by atoms with Crippen LogP contribution in [0.3, 0.4) is 0 Å². The standard InChI is InChI=1S/C10H12BrNO3/c1-2-15-10(14)9(12)7-4-3-6(13)5-8(7)11/h3-5,9,13H,2,12H2,1H3/t9-/m0/s1. The van der Waals surface area contributed by atoms with Gasteiger partial charge in [0.1, 0.15) is 11.8 Å². The van der Waals surface area contributed by atoms with Crippen LogP contribution in [0.5, 0.6) is 5.75 Å². The van der Waals surface area contributed by atoms with Gasteiger partial charge in [-0.1, -0.05) is 22.0 Å². The number of nitrogens with two attached hydrogens (primary N) is 1. The molecule has 5 heteroatoms. The van der Waals surface area contributed by atoms with Gasteiger partial charge in [0.2, 0.25) is 0 Å². The molecule has 0 unspecified atom stereocenters. The predicted molar refractivity (Wildman–Crippen MR) is 59.4 cm³/mol. The molecule has 0 aliphatic carbocycles. The van der Waals surface area contributed by atoms with E-state index in [2.05, 4.69) is 15.9 Å². The highest BCUT2D eigenvalue weighted by Crippen LogP contribution is 2.26. The normalized spacial score (nSPS) is 12.2. The zero-order valence-corrected chi connectivity index (χ0v) is 9.82. The van der Waals surface area contributed by atoms with E-state index in [0.717, 1.165) is 0 Å². The summed E-state index contributed by atoms with van der Waals surface area (Å²) in [4.78, 5) is 11.4. The van der Waals surface area contributed by atoms with Crippen molar-refractivity contribution >= 4 is 21.9 Å². The molecule has 0 saturated heterocycles. The minimum atomic E-state index is -0.833. The Balaban J connectivity index is 2.91. The third-order valence-corrected chi connectivity index (χ3v) is 2.55. The lowest BCUT2D eigenvalue weighted by Gasteiger charge is -2.12. The molecular weight excluding hydrogens is 262 g/mol. The molecular formula is C10H12BrNO3. The number of phenolic OH excluding ortho intramolecular Hbond substituents is 1. The average Bonchev–Trinajstić information content (AvgIpc) is 2.17. The van der Waals surface area contributed by atoms with Crippen LogP contribution in [0.15, 0.2) is 22.7 Å². The second-order valence-corrected chi connectivity index (χ2v) is 3.79. The Morgan fingerprint density at radius 2 is 2.33 bits per heavy atom. The molecule has 0 amide bonds. The molecule has 15 heavy (non-hydrogen) atoms. The van der Waals surface area contributed by atoms with Crippen molar-refractivity contribution in [2.24, 2.45) is 5.73 Å². The zero-order valence-electron chi connectivity index (χ0n) is 8.24. The fraction of sp³-hybridized carbons (Fsp3) is 0.300. The van der Waals surface area contributed by atoms with E-state index in [1.165, 1.54) is 12.1 Å². The first kappa shape index (κ1) is 12.0. The highest BCUT2D eigenvalue weighted by Gasteiger charge is 2.19. The van der Waals surface area contributed by atoms with Crippen LogP contribution in [0.4, 0.5) is 0 Å². The number of esters is 1. The van der Waals surface area contributed by atoms with Crippen molar-refractivity contribution in [1.82, 2.24) is 0 Å². The molecule has 1 aromatic carbocycles. The Kier molecular flexibility index (Phi) is 4.11. The lowest BCUT2D eigenvalue weighted by Crippen LogP contribution is -2.24. The fourth-order valence-electron chi connectivity index (χ4n) is 1.13. The van der Waals surface area contributed by atoms with Gasteiger partial charge in [0.15, 0.2) is 0 Å². The van der Waals surface area contributed by atoms with Crippen molar-refractivity contribution in [3.8, 4) is 5.75 Å². The van der Waals surface area contributed by atoms with Crippen LogP contribution in [0.25, 0.3) is 0 Å². The zero-order chi connectivity index (χ0) is 11.4. The maximum absolute atomic E-state index is 11.4. The summed E-state index contributed by atoms with van der Waals surface area (Å²) in [5.41, 5.74) is 6.28. The van der Waals surface area contributed by atoms with Gasteiger partial charge >= 0.3 is 5.97 Å². The van der Waals surface area contributed by atoms with Crippen molar-refractivity contribution < 1.29 is 14.6 Å². The first-order valence-corrected chi connectivity index (χ1v) is 5.26. The summed E-state index contributed by atoms with van der Waals surface area (Å²) in [7, 11) is 0. The van der Waals surface area contributed by atoms with Gasteiger partial charge in [-0.2, -0.15) is 0 Å². The molecule has 0 radical (unpaired) electrons. The third-order valence-electron chi connectivity index (χ3n) is 1.86. The number of aromatic hydroxyl groups is 1. The molecule has 1 aromatic rings. The Labute approximate surface area is 96.2 Å². The second kappa shape index (κ2) is 5.14. The predicted octanol–water partition coefficient (Wildman–Crippen LogP) is 1.72. The van der Waals surface area contributed by atoms with Gasteiger partial charge < -0.3 is 15.6 Å². The lowest BCUT2D eigenvalue weighted by atomic mass is 10.1. The molecule has 0 aromatic heterocycles. The summed E-state index contributed by atoms with van der Waals surface area (Å²) in [6.07, 6.45) is 0. The number of phenols is 1. The molecule has 0 heterocycles. The summed E-state index contributed by atoms with van der Waals surface area (Å²) in [6, 6.07) is 3.70. The molecule has 0 fully saturated rings. The van der Waals surface area contributed by atoms with E-state index in [1.807, 2.05) is 0 Å². The summed E-state index contributed by atoms with van der Waals surface area (Å²) in [5.74, 6) is -0.370. The van der Waals surface area contributed by atoms with Gasteiger partial charge in [0.05, 0.1) is 6.61 Å². The lowest BCUT2D eigenvalue weighted by molar-refractivity contribution is -0.144. The van der Waals surface area contributed by atoms with Crippen molar-refractivity contribution in [2.75, 3.05) is 6.61 Å². The van der Waals surface area contributed by atoms with Crippen LogP contribution in [0.2, 0.25) is 0 Å². The minimum absolute atomic E-state index is 0.113. The van der Waals surface area contributed by atoms with E-state index in [0.29, 0.717) is 16.6 Å². The number of ether oxygens (including phenoxy) is 1. The van der Waals surface area contributed by atoms with Gasteiger partial charge in [-0.3, -0.25) is 0 Å². The summed E-state index contributed by atoms with van der Waals surface area (Å²) >= 11 is 3.22. The molecule has 0 spiro atoms. The monoisotopic (exact) mass is 273 g/mol. The highest BCUT2D eigenvalue weighted by atomic mass is 79.9. The van der Waals surface area contributed by atoms with Crippen LogP contribution >= 0.6 is 15.9 Å². The first-order chi connectivity index (χ1) is 7.06. The van der Waals surface area contributed by atoms with Crippen molar-refractivity contribution in [3.63, 3.8) is 0 Å². The largest absolute Gasteiger partial charge is 0.508 e. The first-order valence-electron chi connectivity index (χ1n) is 4.47. The Morgan fingerprint density at radius 1 is 1.67 bits per heavy atom. The van der Waals surface area contributed by atoms with E-state index >= 15 is 0 Å². The Morgan fingerprint density at radius 3 is 2.87 bits per heavy atom.